The van der Waals surface area contributed by atoms with E-state index in [4.69, 9.17) is 4.74 Å². The SMILES string of the molecule is C=Cc1cccc(C(C(=O)NCC(=O)OC)N(CC)C(=O)C(NC(=O)OC(C)(C)C)C(C)C)c1. The number of likely N-dealkylation sites (N-methyl/N-ethyl adjacent to an activating group) is 1. The third kappa shape index (κ3) is 8.53. The lowest BCUT2D eigenvalue weighted by Gasteiger charge is -2.35. The summed E-state index contributed by atoms with van der Waals surface area (Å²) in [4.78, 5) is 52.2. The second kappa shape index (κ2) is 12.8. The molecule has 9 heteroatoms. The molecule has 2 atom stereocenters. The van der Waals surface area contributed by atoms with Crippen molar-refractivity contribution in [1.29, 1.82) is 0 Å². The van der Waals surface area contributed by atoms with E-state index >= 15 is 0 Å². The molecule has 0 fully saturated rings. The van der Waals surface area contributed by atoms with Gasteiger partial charge in [-0.1, -0.05) is 44.7 Å². The molecule has 1 rings (SSSR count). The van der Waals surface area contributed by atoms with E-state index in [1.54, 1.807) is 65.8 Å². The van der Waals surface area contributed by atoms with Gasteiger partial charge in [0.25, 0.3) is 0 Å². The van der Waals surface area contributed by atoms with Gasteiger partial charge < -0.3 is 25.0 Å². The Morgan fingerprint density at radius 3 is 2.32 bits per heavy atom. The van der Waals surface area contributed by atoms with Gasteiger partial charge in [0.2, 0.25) is 11.8 Å². The first kappa shape index (κ1) is 28.7. The van der Waals surface area contributed by atoms with Crippen molar-refractivity contribution in [3.05, 3.63) is 42.0 Å². The van der Waals surface area contributed by atoms with Crippen molar-refractivity contribution in [2.75, 3.05) is 20.2 Å². The van der Waals surface area contributed by atoms with Crippen LogP contribution in [0.25, 0.3) is 6.08 Å². The second-order valence-electron chi connectivity index (χ2n) is 9.06. The zero-order valence-electron chi connectivity index (χ0n) is 21.1. The van der Waals surface area contributed by atoms with E-state index in [1.165, 1.54) is 12.0 Å². The number of methoxy groups -OCH3 is 1. The van der Waals surface area contributed by atoms with Crippen LogP contribution in [0.15, 0.2) is 30.8 Å². The van der Waals surface area contributed by atoms with Crippen LogP contribution in [0.1, 0.15) is 58.7 Å². The normalized spacial score (nSPS) is 12.8. The topological polar surface area (TPSA) is 114 Å². The molecule has 0 aliphatic carbocycles. The summed E-state index contributed by atoms with van der Waals surface area (Å²) < 4.78 is 9.92. The number of amides is 3. The molecule has 2 unspecified atom stereocenters. The van der Waals surface area contributed by atoms with Gasteiger partial charge in [-0.2, -0.15) is 0 Å². The van der Waals surface area contributed by atoms with Crippen LogP contribution >= 0.6 is 0 Å². The summed E-state index contributed by atoms with van der Waals surface area (Å²) >= 11 is 0. The molecule has 1 aromatic rings. The minimum Gasteiger partial charge on any atom is -0.468 e. The first-order chi connectivity index (χ1) is 15.8. The molecule has 0 radical (unpaired) electrons. The number of hydrogen-bond acceptors (Lipinski definition) is 6. The van der Waals surface area contributed by atoms with Gasteiger partial charge in [-0.25, -0.2) is 4.79 Å². The number of carbonyl (C=O) groups is 4. The number of nitrogens with one attached hydrogen (secondary N) is 2. The predicted octanol–water partition coefficient (Wildman–Crippen LogP) is 3.06. The number of nitrogens with zero attached hydrogens (tertiary/aromatic N) is 1. The molecule has 3 amide bonds. The van der Waals surface area contributed by atoms with E-state index in [1.807, 2.05) is 6.07 Å². The lowest BCUT2D eigenvalue weighted by atomic mass is 9.98. The fraction of sp³-hybridized carbons (Fsp3) is 0.520. The van der Waals surface area contributed by atoms with Crippen LogP contribution in [0, 0.1) is 5.92 Å². The summed E-state index contributed by atoms with van der Waals surface area (Å²) in [5.41, 5.74) is 0.564. The molecule has 0 saturated carbocycles. The van der Waals surface area contributed by atoms with Crippen molar-refractivity contribution in [3.8, 4) is 0 Å². The third-order valence-corrected chi connectivity index (χ3v) is 4.89. The highest BCUT2D eigenvalue weighted by molar-refractivity contribution is 5.93. The van der Waals surface area contributed by atoms with Gasteiger partial charge in [-0.3, -0.25) is 14.4 Å². The van der Waals surface area contributed by atoms with Crippen LogP contribution in [0.4, 0.5) is 4.79 Å². The lowest BCUT2D eigenvalue weighted by molar-refractivity contribution is -0.145. The number of benzene rings is 1. The average Bonchev–Trinajstić information content (AvgIpc) is 2.77. The quantitative estimate of drug-likeness (QED) is 0.503. The zero-order valence-corrected chi connectivity index (χ0v) is 21.1. The highest BCUT2D eigenvalue weighted by atomic mass is 16.6. The van der Waals surface area contributed by atoms with Gasteiger partial charge in [-0.15, -0.1) is 0 Å². The number of hydrogen-bond donors (Lipinski definition) is 2. The molecule has 0 aliphatic heterocycles. The van der Waals surface area contributed by atoms with Gasteiger partial charge in [0.15, 0.2) is 0 Å². The van der Waals surface area contributed by atoms with Crippen molar-refractivity contribution >= 4 is 30.0 Å². The molecule has 0 saturated heterocycles. The van der Waals surface area contributed by atoms with Crippen molar-refractivity contribution in [1.82, 2.24) is 15.5 Å². The second-order valence-corrected chi connectivity index (χ2v) is 9.06. The van der Waals surface area contributed by atoms with E-state index in [2.05, 4.69) is 21.9 Å². The molecule has 0 heterocycles. The van der Waals surface area contributed by atoms with E-state index in [0.29, 0.717) is 5.56 Å². The minimum absolute atomic E-state index is 0.173. The van der Waals surface area contributed by atoms with E-state index < -0.39 is 41.6 Å². The van der Waals surface area contributed by atoms with Crippen molar-refractivity contribution < 1.29 is 28.7 Å². The molecule has 0 aromatic heterocycles. The molecule has 9 nitrogen and oxygen atoms in total. The molecule has 0 aliphatic rings. The molecular weight excluding hydrogens is 438 g/mol. The van der Waals surface area contributed by atoms with Gasteiger partial charge in [-0.05, 0) is 50.8 Å². The Labute approximate surface area is 201 Å². The van der Waals surface area contributed by atoms with E-state index in [0.717, 1.165) is 5.56 Å². The Morgan fingerprint density at radius 1 is 1.18 bits per heavy atom. The van der Waals surface area contributed by atoms with E-state index in [-0.39, 0.29) is 19.0 Å². The van der Waals surface area contributed by atoms with Crippen LogP contribution in [0.5, 0.6) is 0 Å². The van der Waals surface area contributed by atoms with Gasteiger partial charge in [0.05, 0.1) is 7.11 Å². The Kier molecular flexibility index (Phi) is 10.8. The van der Waals surface area contributed by atoms with Gasteiger partial charge in [0, 0.05) is 6.54 Å². The Hall–Kier alpha value is -3.36. The van der Waals surface area contributed by atoms with Crippen LogP contribution < -0.4 is 10.6 Å². The fourth-order valence-electron chi connectivity index (χ4n) is 3.25. The summed E-state index contributed by atoms with van der Waals surface area (Å²) in [5, 5.41) is 5.17. The Bertz CT molecular complexity index is 891. The molecule has 0 spiro atoms. The maximum absolute atomic E-state index is 13.6. The highest BCUT2D eigenvalue weighted by Gasteiger charge is 2.36. The largest absolute Gasteiger partial charge is 0.468 e. The van der Waals surface area contributed by atoms with Gasteiger partial charge in [0.1, 0.15) is 24.2 Å². The summed E-state index contributed by atoms with van der Waals surface area (Å²) in [5.74, 6) is -1.91. The molecule has 188 valence electrons. The van der Waals surface area contributed by atoms with Crippen molar-refractivity contribution in [2.24, 2.45) is 5.92 Å². The van der Waals surface area contributed by atoms with Crippen LogP contribution in [0.3, 0.4) is 0 Å². The van der Waals surface area contributed by atoms with Crippen molar-refractivity contribution in [2.45, 2.75) is 59.2 Å². The molecule has 2 N–H and O–H groups in total. The number of ether oxygens (including phenoxy) is 2. The third-order valence-electron chi connectivity index (χ3n) is 4.89. The Balaban J connectivity index is 3.37. The minimum atomic E-state index is -1.05. The maximum atomic E-state index is 13.6. The summed E-state index contributed by atoms with van der Waals surface area (Å²) in [6.45, 7) is 14.1. The van der Waals surface area contributed by atoms with Crippen LogP contribution in [-0.2, 0) is 23.9 Å². The summed E-state index contributed by atoms with van der Waals surface area (Å²) in [7, 11) is 1.22. The van der Waals surface area contributed by atoms with Gasteiger partial charge >= 0.3 is 12.1 Å². The molecule has 0 bridgehead atoms. The highest BCUT2D eigenvalue weighted by Crippen LogP contribution is 2.25. The molecular formula is C25H37N3O6. The average molecular weight is 476 g/mol. The number of rotatable bonds is 10. The van der Waals surface area contributed by atoms with Crippen LogP contribution in [0.2, 0.25) is 0 Å². The summed E-state index contributed by atoms with van der Waals surface area (Å²) in [6.07, 6.45) is 0.905. The first-order valence-electron chi connectivity index (χ1n) is 11.2. The van der Waals surface area contributed by atoms with Crippen molar-refractivity contribution in [3.63, 3.8) is 0 Å². The van der Waals surface area contributed by atoms with Crippen LogP contribution in [-0.4, -0.2) is 60.6 Å². The molecule has 1 aromatic carbocycles. The smallest absolute Gasteiger partial charge is 0.408 e. The molecule has 34 heavy (non-hydrogen) atoms. The fourth-order valence-corrected chi connectivity index (χ4v) is 3.25. The standard InChI is InChI=1S/C25H37N3O6/c1-9-17-12-11-13-18(14-17)21(22(30)26-15-19(29)33-8)28(10-2)23(31)20(16(3)4)27-24(32)34-25(5,6)7/h9,11-14,16,20-21H,1,10,15H2,2-8H3,(H,26,30)(H,27,32). The summed E-state index contributed by atoms with van der Waals surface area (Å²) in [6, 6.07) is 5.05. The first-order valence-corrected chi connectivity index (χ1v) is 11.2. The monoisotopic (exact) mass is 475 g/mol. The Morgan fingerprint density at radius 2 is 1.82 bits per heavy atom. The maximum Gasteiger partial charge on any atom is 0.408 e. The number of carbonyl (C=O) groups excluding carboxylic acids is 4. The number of esters is 1. The lowest BCUT2D eigenvalue weighted by Crippen LogP contribution is -2.55. The van der Waals surface area contributed by atoms with E-state index in [9.17, 15) is 19.2 Å². The zero-order chi connectivity index (χ0) is 26.1. The predicted molar refractivity (Wildman–Crippen MR) is 130 cm³/mol. The number of alkyl carbamates (subject to hydrolysis) is 1.